The molecule has 4 aromatic rings. The highest BCUT2D eigenvalue weighted by Crippen LogP contribution is 2.34. The molecule has 0 fully saturated rings. The predicted octanol–water partition coefficient (Wildman–Crippen LogP) is 3.81. The first-order valence-corrected chi connectivity index (χ1v) is 11.8. The fourth-order valence-corrected chi connectivity index (χ4v) is 3.84. The van der Waals surface area contributed by atoms with Gasteiger partial charge in [0.2, 0.25) is 0 Å². The van der Waals surface area contributed by atoms with Crippen LogP contribution in [-0.4, -0.2) is 41.0 Å². The van der Waals surface area contributed by atoms with E-state index in [4.69, 9.17) is 21.5 Å². The zero-order chi connectivity index (χ0) is 22.7. The van der Waals surface area contributed by atoms with Gasteiger partial charge < -0.3 is 5.73 Å². The third-order valence-electron chi connectivity index (χ3n) is 4.83. The summed E-state index contributed by atoms with van der Waals surface area (Å²) in [4.78, 5) is 8.56. The smallest absolute Gasteiger partial charge is 0.264 e. The third-order valence-corrected chi connectivity index (χ3v) is 5.64. The molecular weight excluding hydrogens is 450 g/mol. The number of nitrogens with zero attached hydrogens (tertiary/aromatic N) is 4. The van der Waals surface area contributed by atoms with E-state index in [1.165, 1.54) is 6.33 Å². The number of rotatable bonds is 7. The van der Waals surface area contributed by atoms with Gasteiger partial charge in [0.05, 0.1) is 30.3 Å². The molecule has 2 aromatic heterocycles. The molecule has 10 heteroatoms. The summed E-state index contributed by atoms with van der Waals surface area (Å²) in [6, 6.07) is 16.2. The number of nitrogen functional groups attached to an aromatic ring is 1. The standard InChI is InChI=1S/C22H20ClN5O3S/c1-32(29,30)31-13-19(15-5-3-2-4-6-15)28-12-17(11-27-28)21-20(22(24)26-14-25-21)16-7-9-18(23)10-8-16/h2-12,14,19H,13H2,1H3,(H2,24,25,26)/t19-/m0/s1. The lowest BCUT2D eigenvalue weighted by atomic mass is 10.0. The molecule has 0 amide bonds. The molecule has 0 saturated heterocycles. The Bertz CT molecular complexity index is 1330. The van der Waals surface area contributed by atoms with Crippen molar-refractivity contribution in [2.24, 2.45) is 0 Å². The summed E-state index contributed by atoms with van der Waals surface area (Å²) >= 11 is 6.02. The molecule has 8 nitrogen and oxygen atoms in total. The molecule has 2 aromatic carbocycles. The van der Waals surface area contributed by atoms with Crippen molar-refractivity contribution in [2.45, 2.75) is 6.04 Å². The fourth-order valence-electron chi connectivity index (χ4n) is 3.34. The number of benzene rings is 2. The van der Waals surface area contributed by atoms with Crippen LogP contribution in [0.1, 0.15) is 11.6 Å². The highest BCUT2D eigenvalue weighted by Gasteiger charge is 2.20. The Morgan fingerprint density at radius 2 is 1.78 bits per heavy atom. The fraction of sp³-hybridized carbons (Fsp3) is 0.136. The monoisotopic (exact) mass is 469 g/mol. The van der Waals surface area contributed by atoms with E-state index < -0.39 is 16.2 Å². The van der Waals surface area contributed by atoms with Crippen molar-refractivity contribution >= 4 is 27.5 Å². The number of hydrogen-bond donors (Lipinski definition) is 1. The Balaban J connectivity index is 1.76. The molecule has 0 aliphatic rings. The Labute approximate surface area is 190 Å². The average molecular weight is 470 g/mol. The molecule has 0 spiro atoms. The van der Waals surface area contributed by atoms with Crippen molar-refractivity contribution in [2.75, 3.05) is 18.6 Å². The Morgan fingerprint density at radius 3 is 2.47 bits per heavy atom. The largest absolute Gasteiger partial charge is 0.383 e. The number of nitrogens with two attached hydrogens (primary N) is 1. The summed E-state index contributed by atoms with van der Waals surface area (Å²) in [7, 11) is -3.62. The van der Waals surface area contributed by atoms with Crippen LogP contribution < -0.4 is 5.73 Å². The lowest BCUT2D eigenvalue weighted by Gasteiger charge is -2.17. The molecule has 0 saturated carbocycles. The van der Waals surface area contributed by atoms with Crippen molar-refractivity contribution in [1.82, 2.24) is 19.7 Å². The van der Waals surface area contributed by atoms with E-state index in [1.54, 1.807) is 29.2 Å². The van der Waals surface area contributed by atoms with Crippen LogP contribution in [0.25, 0.3) is 22.4 Å². The van der Waals surface area contributed by atoms with Crippen LogP contribution in [0, 0.1) is 0 Å². The van der Waals surface area contributed by atoms with E-state index in [1.807, 2.05) is 42.5 Å². The van der Waals surface area contributed by atoms with Gasteiger partial charge in [0.25, 0.3) is 10.1 Å². The van der Waals surface area contributed by atoms with Crippen LogP contribution in [0.5, 0.6) is 0 Å². The summed E-state index contributed by atoms with van der Waals surface area (Å²) < 4.78 is 29.9. The number of aromatic nitrogens is 4. The van der Waals surface area contributed by atoms with Crippen molar-refractivity contribution < 1.29 is 12.6 Å². The van der Waals surface area contributed by atoms with Gasteiger partial charge in [-0.15, -0.1) is 0 Å². The van der Waals surface area contributed by atoms with Crippen LogP contribution in [0.4, 0.5) is 5.82 Å². The zero-order valence-corrected chi connectivity index (χ0v) is 18.7. The molecule has 4 rings (SSSR count). The topological polar surface area (TPSA) is 113 Å². The van der Waals surface area contributed by atoms with E-state index in [-0.39, 0.29) is 6.61 Å². The van der Waals surface area contributed by atoms with Gasteiger partial charge in [-0.1, -0.05) is 54.1 Å². The van der Waals surface area contributed by atoms with Crippen LogP contribution in [0.2, 0.25) is 5.02 Å². The van der Waals surface area contributed by atoms with Crippen molar-refractivity contribution in [1.29, 1.82) is 0 Å². The minimum Gasteiger partial charge on any atom is -0.383 e. The summed E-state index contributed by atoms with van der Waals surface area (Å²) in [5.41, 5.74) is 9.81. The first-order valence-electron chi connectivity index (χ1n) is 9.62. The van der Waals surface area contributed by atoms with Gasteiger partial charge >= 0.3 is 0 Å². The van der Waals surface area contributed by atoms with Crippen molar-refractivity contribution in [3.8, 4) is 22.4 Å². The van der Waals surface area contributed by atoms with Gasteiger partial charge in [-0.2, -0.15) is 13.5 Å². The molecule has 0 unspecified atom stereocenters. The van der Waals surface area contributed by atoms with E-state index in [2.05, 4.69) is 15.1 Å². The maximum Gasteiger partial charge on any atom is 0.264 e. The van der Waals surface area contributed by atoms with Gasteiger partial charge in [-0.25, -0.2) is 9.97 Å². The first kappa shape index (κ1) is 21.9. The summed E-state index contributed by atoms with van der Waals surface area (Å²) in [5.74, 6) is 0.324. The quantitative estimate of drug-likeness (QED) is 0.409. The first-order chi connectivity index (χ1) is 15.3. The molecule has 0 aliphatic carbocycles. The van der Waals surface area contributed by atoms with Crippen LogP contribution >= 0.6 is 11.6 Å². The Kier molecular flexibility index (Phi) is 6.22. The molecule has 2 heterocycles. The molecule has 164 valence electrons. The lowest BCUT2D eigenvalue weighted by Crippen LogP contribution is -2.19. The number of hydrogen-bond acceptors (Lipinski definition) is 7. The van der Waals surface area contributed by atoms with Crippen molar-refractivity contribution in [3.05, 3.63) is 83.9 Å². The average Bonchev–Trinajstić information content (AvgIpc) is 3.24. The third kappa shape index (κ3) is 4.96. The summed E-state index contributed by atoms with van der Waals surface area (Å²) in [5, 5.41) is 5.07. The molecule has 32 heavy (non-hydrogen) atoms. The Morgan fingerprint density at radius 1 is 1.06 bits per heavy atom. The van der Waals surface area contributed by atoms with Gasteiger partial charge in [-0.3, -0.25) is 8.86 Å². The van der Waals surface area contributed by atoms with E-state index >= 15 is 0 Å². The van der Waals surface area contributed by atoms with E-state index in [0.717, 1.165) is 17.4 Å². The second-order valence-corrected chi connectivity index (χ2v) is 9.19. The van der Waals surface area contributed by atoms with Crippen molar-refractivity contribution in [3.63, 3.8) is 0 Å². The van der Waals surface area contributed by atoms with Gasteiger partial charge in [-0.05, 0) is 23.3 Å². The normalized spacial score (nSPS) is 12.6. The van der Waals surface area contributed by atoms with E-state index in [9.17, 15) is 8.42 Å². The second kappa shape index (κ2) is 9.07. The number of halogens is 1. The second-order valence-electron chi connectivity index (χ2n) is 7.11. The summed E-state index contributed by atoms with van der Waals surface area (Å²) in [6.45, 7) is -0.0973. The molecule has 0 aliphatic heterocycles. The van der Waals surface area contributed by atoms with Crippen LogP contribution in [0.15, 0.2) is 73.3 Å². The molecular formula is C22H20ClN5O3S. The molecule has 2 N–H and O–H groups in total. The maximum atomic E-state index is 11.6. The van der Waals surface area contributed by atoms with Gasteiger partial charge in [0.1, 0.15) is 18.2 Å². The summed E-state index contributed by atoms with van der Waals surface area (Å²) in [6.07, 6.45) is 5.84. The molecule has 1 atom stereocenters. The zero-order valence-electron chi connectivity index (χ0n) is 17.1. The van der Waals surface area contributed by atoms with Gasteiger partial charge in [0, 0.05) is 16.8 Å². The Hall–Kier alpha value is -3.27. The minimum atomic E-state index is -3.62. The van der Waals surface area contributed by atoms with Crippen LogP contribution in [0.3, 0.4) is 0 Å². The highest BCUT2D eigenvalue weighted by atomic mass is 35.5. The van der Waals surface area contributed by atoms with E-state index in [0.29, 0.717) is 27.7 Å². The lowest BCUT2D eigenvalue weighted by molar-refractivity contribution is 0.269. The number of anilines is 1. The predicted molar refractivity (Wildman–Crippen MR) is 123 cm³/mol. The minimum absolute atomic E-state index is 0.0973. The maximum absolute atomic E-state index is 11.6. The molecule has 0 radical (unpaired) electrons. The highest BCUT2D eigenvalue weighted by molar-refractivity contribution is 7.85. The van der Waals surface area contributed by atoms with Gasteiger partial charge in [0.15, 0.2) is 0 Å². The molecule has 0 bridgehead atoms. The SMILES string of the molecule is CS(=O)(=O)OC[C@@H](c1ccccc1)n1cc(-c2ncnc(N)c2-c2ccc(Cl)cc2)cn1. The van der Waals surface area contributed by atoms with Crippen LogP contribution in [-0.2, 0) is 14.3 Å².